The van der Waals surface area contributed by atoms with Gasteiger partial charge in [0.25, 0.3) is 0 Å². The largest absolute Gasteiger partial charge is 0.385 e. The van der Waals surface area contributed by atoms with E-state index in [2.05, 4.69) is 5.32 Å². The minimum atomic E-state index is 0.766. The Morgan fingerprint density at radius 1 is 1.15 bits per heavy atom. The molecule has 0 radical (unpaired) electrons. The minimum Gasteiger partial charge on any atom is -0.385 e. The molecule has 0 aromatic heterocycles. The summed E-state index contributed by atoms with van der Waals surface area (Å²) in [5.74, 6) is 0. The second kappa shape index (κ2) is 5.84. The normalized spacial score (nSPS) is 10.0. The van der Waals surface area contributed by atoms with Crippen LogP contribution >= 0.6 is 11.6 Å². The first-order valence-electron chi connectivity index (χ1n) is 4.52. The fourth-order valence-electron chi connectivity index (χ4n) is 1.07. The zero-order valence-electron chi connectivity index (χ0n) is 7.59. The Kier molecular flexibility index (Phi) is 4.65. The summed E-state index contributed by atoms with van der Waals surface area (Å²) in [6.45, 7) is 1.74. The third kappa shape index (κ3) is 4.15. The lowest BCUT2D eigenvalue weighted by Crippen LogP contribution is -2.05. The first-order chi connectivity index (χ1) is 6.33. The Morgan fingerprint density at radius 2 is 1.85 bits per heavy atom. The summed E-state index contributed by atoms with van der Waals surface area (Å²) in [6.07, 6.45) is 2.18. The highest BCUT2D eigenvalue weighted by atomic mass is 35.5. The van der Waals surface area contributed by atoms with Gasteiger partial charge in [0, 0.05) is 17.3 Å². The van der Waals surface area contributed by atoms with Crippen molar-refractivity contribution in [3.63, 3.8) is 0 Å². The average Bonchev–Trinajstić information content (AvgIpc) is 2.15. The SMILES string of the molecule is NCCCCNc1ccc(Cl)cc1. The average molecular weight is 199 g/mol. The molecular formula is C10H15ClN2. The number of nitrogens with two attached hydrogens (primary N) is 1. The predicted octanol–water partition coefficient (Wildman–Crippen LogP) is 2.49. The number of rotatable bonds is 5. The van der Waals surface area contributed by atoms with Gasteiger partial charge in [-0.05, 0) is 43.7 Å². The zero-order chi connectivity index (χ0) is 9.52. The molecule has 1 aromatic carbocycles. The van der Waals surface area contributed by atoms with Crippen molar-refractivity contribution in [3.05, 3.63) is 29.3 Å². The zero-order valence-corrected chi connectivity index (χ0v) is 8.35. The first kappa shape index (κ1) is 10.4. The molecule has 13 heavy (non-hydrogen) atoms. The van der Waals surface area contributed by atoms with Crippen molar-refractivity contribution in [1.82, 2.24) is 0 Å². The predicted molar refractivity (Wildman–Crippen MR) is 58.2 cm³/mol. The van der Waals surface area contributed by atoms with E-state index in [0.29, 0.717) is 0 Å². The molecule has 0 spiro atoms. The number of hydrogen-bond acceptors (Lipinski definition) is 2. The van der Waals surface area contributed by atoms with Crippen LogP contribution in [0.15, 0.2) is 24.3 Å². The molecule has 0 unspecified atom stereocenters. The lowest BCUT2D eigenvalue weighted by Gasteiger charge is -2.05. The van der Waals surface area contributed by atoms with Gasteiger partial charge in [-0.2, -0.15) is 0 Å². The van der Waals surface area contributed by atoms with E-state index in [4.69, 9.17) is 17.3 Å². The van der Waals surface area contributed by atoms with Crippen molar-refractivity contribution in [2.45, 2.75) is 12.8 Å². The van der Waals surface area contributed by atoms with Crippen LogP contribution in [-0.4, -0.2) is 13.1 Å². The highest BCUT2D eigenvalue weighted by Gasteiger charge is 1.91. The fourth-order valence-corrected chi connectivity index (χ4v) is 1.20. The Labute approximate surface area is 84.1 Å². The van der Waals surface area contributed by atoms with Crippen molar-refractivity contribution in [3.8, 4) is 0 Å². The van der Waals surface area contributed by atoms with Gasteiger partial charge in [-0.3, -0.25) is 0 Å². The summed E-state index contributed by atoms with van der Waals surface area (Å²) < 4.78 is 0. The van der Waals surface area contributed by atoms with Crippen molar-refractivity contribution in [2.75, 3.05) is 18.4 Å². The van der Waals surface area contributed by atoms with Gasteiger partial charge in [-0.25, -0.2) is 0 Å². The van der Waals surface area contributed by atoms with Crippen LogP contribution in [0.25, 0.3) is 0 Å². The maximum Gasteiger partial charge on any atom is 0.0407 e. The van der Waals surface area contributed by atoms with Gasteiger partial charge in [0.05, 0.1) is 0 Å². The molecule has 0 saturated heterocycles. The third-order valence-corrected chi connectivity index (χ3v) is 2.06. The maximum absolute atomic E-state index is 5.75. The highest BCUT2D eigenvalue weighted by molar-refractivity contribution is 6.30. The van der Waals surface area contributed by atoms with Gasteiger partial charge in [0.1, 0.15) is 0 Å². The molecule has 0 heterocycles. The van der Waals surface area contributed by atoms with Crippen LogP contribution in [0.3, 0.4) is 0 Å². The van der Waals surface area contributed by atoms with Crippen LogP contribution in [0.1, 0.15) is 12.8 Å². The molecular weight excluding hydrogens is 184 g/mol. The van der Waals surface area contributed by atoms with Crippen LogP contribution in [-0.2, 0) is 0 Å². The van der Waals surface area contributed by atoms with Gasteiger partial charge in [-0.1, -0.05) is 11.6 Å². The molecule has 1 aromatic rings. The molecule has 0 amide bonds. The molecule has 2 nitrogen and oxygen atoms in total. The summed E-state index contributed by atoms with van der Waals surface area (Å²) in [6, 6.07) is 7.72. The summed E-state index contributed by atoms with van der Waals surface area (Å²) in [4.78, 5) is 0. The lowest BCUT2D eigenvalue weighted by molar-refractivity contribution is 0.774. The number of halogens is 1. The molecule has 0 saturated carbocycles. The summed E-state index contributed by atoms with van der Waals surface area (Å²) in [5.41, 5.74) is 6.50. The van der Waals surface area contributed by atoms with Gasteiger partial charge in [-0.15, -0.1) is 0 Å². The first-order valence-corrected chi connectivity index (χ1v) is 4.90. The van der Waals surface area contributed by atoms with E-state index in [-0.39, 0.29) is 0 Å². The number of nitrogens with one attached hydrogen (secondary N) is 1. The second-order valence-electron chi connectivity index (χ2n) is 2.93. The molecule has 0 fully saturated rings. The molecule has 0 bridgehead atoms. The lowest BCUT2D eigenvalue weighted by atomic mass is 10.3. The molecule has 0 aliphatic rings. The van der Waals surface area contributed by atoms with Crippen molar-refractivity contribution < 1.29 is 0 Å². The molecule has 3 heteroatoms. The van der Waals surface area contributed by atoms with E-state index in [1.807, 2.05) is 24.3 Å². The van der Waals surface area contributed by atoms with Crippen molar-refractivity contribution in [2.24, 2.45) is 5.73 Å². The van der Waals surface area contributed by atoms with Crippen molar-refractivity contribution in [1.29, 1.82) is 0 Å². The standard InChI is InChI=1S/C10H15ClN2/c11-9-3-5-10(6-4-9)13-8-2-1-7-12/h3-6,13H,1-2,7-8,12H2. The number of hydrogen-bond donors (Lipinski definition) is 2. The van der Waals surface area contributed by atoms with E-state index >= 15 is 0 Å². The van der Waals surface area contributed by atoms with Gasteiger partial charge in [0.2, 0.25) is 0 Å². The Hall–Kier alpha value is -0.730. The van der Waals surface area contributed by atoms with Crippen molar-refractivity contribution >= 4 is 17.3 Å². The minimum absolute atomic E-state index is 0.766. The van der Waals surface area contributed by atoms with E-state index in [9.17, 15) is 0 Å². The van der Waals surface area contributed by atoms with E-state index in [1.165, 1.54) is 0 Å². The maximum atomic E-state index is 5.75. The topological polar surface area (TPSA) is 38.0 Å². The third-order valence-electron chi connectivity index (χ3n) is 1.80. The molecule has 3 N–H and O–H groups in total. The van der Waals surface area contributed by atoms with Crippen LogP contribution in [0.5, 0.6) is 0 Å². The van der Waals surface area contributed by atoms with E-state index in [1.54, 1.807) is 0 Å². The number of anilines is 1. The summed E-state index contributed by atoms with van der Waals surface area (Å²) >= 11 is 5.75. The molecule has 1 rings (SSSR count). The van der Waals surface area contributed by atoms with Crippen LogP contribution in [0.2, 0.25) is 5.02 Å². The fraction of sp³-hybridized carbons (Fsp3) is 0.400. The molecule has 72 valence electrons. The van der Waals surface area contributed by atoms with Gasteiger partial charge >= 0.3 is 0 Å². The monoisotopic (exact) mass is 198 g/mol. The smallest absolute Gasteiger partial charge is 0.0407 e. The highest BCUT2D eigenvalue weighted by Crippen LogP contribution is 2.13. The van der Waals surface area contributed by atoms with Crippen LogP contribution in [0.4, 0.5) is 5.69 Å². The number of benzene rings is 1. The molecule has 0 aliphatic carbocycles. The van der Waals surface area contributed by atoms with Gasteiger partial charge < -0.3 is 11.1 Å². The quantitative estimate of drug-likeness (QED) is 0.714. The summed E-state index contributed by atoms with van der Waals surface area (Å²) in [7, 11) is 0. The Bertz CT molecular complexity index is 233. The summed E-state index contributed by atoms with van der Waals surface area (Å²) in [5, 5.41) is 4.06. The van der Waals surface area contributed by atoms with Crippen LogP contribution < -0.4 is 11.1 Å². The Balaban J connectivity index is 2.25. The molecule has 0 atom stereocenters. The van der Waals surface area contributed by atoms with E-state index < -0.39 is 0 Å². The van der Waals surface area contributed by atoms with Gasteiger partial charge in [0.15, 0.2) is 0 Å². The molecule has 0 aliphatic heterocycles. The van der Waals surface area contributed by atoms with E-state index in [0.717, 1.165) is 36.6 Å². The Morgan fingerprint density at radius 3 is 2.46 bits per heavy atom. The number of unbranched alkanes of at least 4 members (excludes halogenated alkanes) is 1. The van der Waals surface area contributed by atoms with Crippen LogP contribution in [0, 0.1) is 0 Å². The second-order valence-corrected chi connectivity index (χ2v) is 3.37.